The Balaban J connectivity index is 1.94. The molecule has 5 nitrogen and oxygen atoms in total. The largest absolute Gasteiger partial charge is 0.494 e. The van der Waals surface area contributed by atoms with Crippen LogP contribution in [0.25, 0.3) is 0 Å². The zero-order chi connectivity index (χ0) is 20.4. The van der Waals surface area contributed by atoms with Crippen LogP contribution in [-0.2, 0) is 4.74 Å². The molecule has 0 unspecified atom stereocenters. The lowest BCUT2D eigenvalue weighted by Crippen LogP contribution is -2.12. The molecule has 0 aliphatic rings. The first kappa shape index (κ1) is 22.0. The minimum atomic E-state index is -0.577. The van der Waals surface area contributed by atoms with Gasteiger partial charge in [-0.15, -0.1) is 0 Å². The number of rotatable bonds is 10. The van der Waals surface area contributed by atoms with Gasteiger partial charge in [0, 0.05) is 4.47 Å². The van der Waals surface area contributed by atoms with Gasteiger partial charge in [0.1, 0.15) is 17.1 Å². The van der Waals surface area contributed by atoms with Crippen LogP contribution in [0.5, 0.6) is 11.5 Å². The number of halogens is 1. The molecule has 2 aromatic rings. The Morgan fingerprint density at radius 2 is 1.64 bits per heavy atom. The number of carbonyl (C=O) groups excluding carboxylic acids is 2. The maximum atomic E-state index is 12.4. The fourth-order valence-corrected chi connectivity index (χ4v) is 2.96. The van der Waals surface area contributed by atoms with Crippen molar-refractivity contribution >= 4 is 27.9 Å². The molecule has 28 heavy (non-hydrogen) atoms. The van der Waals surface area contributed by atoms with Gasteiger partial charge in [-0.1, -0.05) is 48.5 Å². The van der Waals surface area contributed by atoms with Crippen molar-refractivity contribution in [3.8, 4) is 11.5 Å². The lowest BCUT2D eigenvalue weighted by molar-refractivity contribution is 0.0593. The molecule has 0 aromatic heterocycles. The Morgan fingerprint density at radius 3 is 2.32 bits per heavy atom. The van der Waals surface area contributed by atoms with Crippen LogP contribution in [0, 0.1) is 0 Å². The van der Waals surface area contributed by atoms with Crippen LogP contribution in [0.3, 0.4) is 0 Å². The minimum Gasteiger partial charge on any atom is -0.494 e. The van der Waals surface area contributed by atoms with Gasteiger partial charge >= 0.3 is 11.9 Å². The minimum absolute atomic E-state index is 0.146. The Morgan fingerprint density at radius 1 is 0.929 bits per heavy atom. The number of benzene rings is 2. The van der Waals surface area contributed by atoms with Gasteiger partial charge in [0.15, 0.2) is 0 Å². The highest BCUT2D eigenvalue weighted by molar-refractivity contribution is 9.10. The SMILES string of the molecule is CCCCCCCOc1ccc(C(=O)Oc2ccc(Br)cc2C(=O)OC)cc1. The van der Waals surface area contributed by atoms with E-state index in [4.69, 9.17) is 14.2 Å². The highest BCUT2D eigenvalue weighted by atomic mass is 79.9. The van der Waals surface area contributed by atoms with E-state index in [1.165, 1.54) is 26.4 Å². The molecule has 0 radical (unpaired) electrons. The maximum absolute atomic E-state index is 12.4. The van der Waals surface area contributed by atoms with E-state index < -0.39 is 11.9 Å². The first-order chi connectivity index (χ1) is 13.5. The summed E-state index contributed by atoms with van der Waals surface area (Å²) in [4.78, 5) is 24.3. The quantitative estimate of drug-likeness (QED) is 0.261. The highest BCUT2D eigenvalue weighted by Gasteiger charge is 2.17. The smallest absolute Gasteiger partial charge is 0.343 e. The summed E-state index contributed by atoms with van der Waals surface area (Å²) in [6.07, 6.45) is 5.89. The summed E-state index contributed by atoms with van der Waals surface area (Å²) >= 11 is 3.29. The number of hydrogen-bond acceptors (Lipinski definition) is 5. The van der Waals surface area contributed by atoms with Crippen molar-refractivity contribution in [2.75, 3.05) is 13.7 Å². The topological polar surface area (TPSA) is 61.8 Å². The number of ether oxygens (including phenoxy) is 3. The van der Waals surface area contributed by atoms with Crippen LogP contribution >= 0.6 is 15.9 Å². The van der Waals surface area contributed by atoms with Crippen molar-refractivity contribution in [3.05, 3.63) is 58.1 Å². The molecule has 0 aliphatic heterocycles. The molecule has 0 spiro atoms. The molecule has 0 heterocycles. The van der Waals surface area contributed by atoms with E-state index in [1.807, 2.05) is 0 Å². The van der Waals surface area contributed by atoms with Gasteiger partial charge in [-0.05, 0) is 48.9 Å². The van der Waals surface area contributed by atoms with Crippen molar-refractivity contribution in [2.24, 2.45) is 0 Å². The van der Waals surface area contributed by atoms with E-state index in [9.17, 15) is 9.59 Å². The molecule has 150 valence electrons. The van der Waals surface area contributed by atoms with Gasteiger partial charge in [0.05, 0.1) is 19.3 Å². The van der Waals surface area contributed by atoms with Crippen molar-refractivity contribution in [1.82, 2.24) is 0 Å². The summed E-state index contributed by atoms with van der Waals surface area (Å²) < 4.78 is 16.5. The van der Waals surface area contributed by atoms with Gasteiger partial charge in [-0.25, -0.2) is 9.59 Å². The molecule has 0 saturated carbocycles. The fourth-order valence-electron chi connectivity index (χ4n) is 2.60. The Kier molecular flexibility index (Phi) is 9.01. The third-order valence-electron chi connectivity index (χ3n) is 4.16. The summed E-state index contributed by atoms with van der Waals surface area (Å²) in [5.74, 6) is -0.274. The number of esters is 2. The van der Waals surface area contributed by atoms with E-state index in [0.29, 0.717) is 22.4 Å². The highest BCUT2D eigenvalue weighted by Crippen LogP contribution is 2.25. The summed E-state index contributed by atoms with van der Waals surface area (Å²) in [5.41, 5.74) is 0.544. The second-order valence-corrected chi connectivity index (χ2v) is 7.22. The van der Waals surface area contributed by atoms with E-state index in [2.05, 4.69) is 22.9 Å². The zero-order valence-electron chi connectivity index (χ0n) is 16.2. The normalized spacial score (nSPS) is 10.4. The van der Waals surface area contributed by atoms with Crippen molar-refractivity contribution in [1.29, 1.82) is 0 Å². The Labute approximate surface area is 174 Å². The molecule has 0 saturated heterocycles. The summed E-state index contributed by atoms with van der Waals surface area (Å²) in [7, 11) is 1.28. The lowest BCUT2D eigenvalue weighted by atomic mass is 10.2. The predicted octanol–water partition coefficient (Wildman–Crippen LogP) is 5.80. The predicted molar refractivity (Wildman–Crippen MR) is 111 cm³/mol. The summed E-state index contributed by atoms with van der Waals surface area (Å²) in [5, 5.41) is 0. The van der Waals surface area contributed by atoms with Gasteiger partial charge in [0.2, 0.25) is 0 Å². The van der Waals surface area contributed by atoms with Crippen LogP contribution in [0.1, 0.15) is 59.7 Å². The number of unbranched alkanes of at least 4 members (excludes halogenated alkanes) is 4. The molecule has 0 atom stereocenters. The monoisotopic (exact) mass is 448 g/mol. The van der Waals surface area contributed by atoms with Gasteiger partial charge in [-0.3, -0.25) is 0 Å². The van der Waals surface area contributed by atoms with E-state index >= 15 is 0 Å². The Hall–Kier alpha value is -2.34. The molecule has 0 amide bonds. The Bertz CT molecular complexity index is 786. The molecule has 2 aromatic carbocycles. The summed E-state index contributed by atoms with van der Waals surface area (Å²) in [6, 6.07) is 11.6. The third-order valence-corrected chi connectivity index (χ3v) is 4.65. The standard InChI is InChI=1S/C22H25BrO5/c1-3-4-5-6-7-14-27-18-11-8-16(9-12-18)21(24)28-20-13-10-17(23)15-19(20)22(25)26-2/h8-13,15H,3-7,14H2,1-2H3. The van der Waals surface area contributed by atoms with E-state index in [0.717, 1.165) is 12.8 Å². The number of hydrogen-bond donors (Lipinski definition) is 0. The van der Waals surface area contributed by atoms with Gasteiger partial charge in [0.25, 0.3) is 0 Å². The molecular weight excluding hydrogens is 424 g/mol. The van der Waals surface area contributed by atoms with Crippen molar-refractivity contribution in [2.45, 2.75) is 39.0 Å². The fraction of sp³-hybridized carbons (Fsp3) is 0.364. The van der Waals surface area contributed by atoms with Crippen LogP contribution in [0.4, 0.5) is 0 Å². The van der Waals surface area contributed by atoms with E-state index in [1.54, 1.807) is 42.5 Å². The van der Waals surface area contributed by atoms with Crippen LogP contribution in [0.15, 0.2) is 46.9 Å². The molecule has 0 aliphatic carbocycles. The maximum Gasteiger partial charge on any atom is 0.343 e. The van der Waals surface area contributed by atoms with E-state index in [-0.39, 0.29) is 11.3 Å². The second-order valence-electron chi connectivity index (χ2n) is 6.31. The van der Waals surface area contributed by atoms with Crippen LogP contribution in [0.2, 0.25) is 0 Å². The molecule has 2 rings (SSSR count). The molecule has 0 N–H and O–H groups in total. The summed E-state index contributed by atoms with van der Waals surface area (Å²) in [6.45, 7) is 2.85. The van der Waals surface area contributed by atoms with Crippen LogP contribution < -0.4 is 9.47 Å². The third kappa shape index (κ3) is 6.68. The van der Waals surface area contributed by atoms with Gasteiger partial charge in [-0.2, -0.15) is 0 Å². The van der Waals surface area contributed by atoms with Crippen molar-refractivity contribution in [3.63, 3.8) is 0 Å². The average molecular weight is 449 g/mol. The van der Waals surface area contributed by atoms with Crippen molar-refractivity contribution < 1.29 is 23.8 Å². The zero-order valence-corrected chi connectivity index (χ0v) is 17.8. The number of methoxy groups -OCH3 is 1. The molecular formula is C22H25BrO5. The molecule has 0 bridgehead atoms. The average Bonchev–Trinajstić information content (AvgIpc) is 2.71. The second kappa shape index (κ2) is 11.5. The van der Waals surface area contributed by atoms with Crippen LogP contribution in [-0.4, -0.2) is 25.7 Å². The molecule has 6 heteroatoms. The van der Waals surface area contributed by atoms with Gasteiger partial charge < -0.3 is 14.2 Å². The lowest BCUT2D eigenvalue weighted by Gasteiger charge is -2.10. The number of carbonyl (C=O) groups is 2. The molecule has 0 fully saturated rings. The first-order valence-corrected chi connectivity index (χ1v) is 10.2. The first-order valence-electron chi connectivity index (χ1n) is 9.38.